The summed E-state index contributed by atoms with van der Waals surface area (Å²) in [5.74, 6) is 0.317. The average molecular weight is 476 g/mol. The van der Waals surface area contributed by atoms with E-state index in [4.69, 9.17) is 21.1 Å². The number of nitrogens with zero attached hydrogens (tertiary/aromatic N) is 1. The van der Waals surface area contributed by atoms with Crippen molar-refractivity contribution in [2.45, 2.75) is 25.5 Å². The molecule has 0 aromatic heterocycles. The molecule has 0 bridgehead atoms. The highest BCUT2D eigenvalue weighted by Gasteiger charge is 2.50. The van der Waals surface area contributed by atoms with E-state index in [0.717, 1.165) is 16.7 Å². The number of anilines is 1. The van der Waals surface area contributed by atoms with Crippen LogP contribution in [0.25, 0.3) is 6.08 Å². The Bertz CT molecular complexity index is 1320. The third-order valence-corrected chi connectivity index (χ3v) is 6.28. The monoisotopic (exact) mass is 475 g/mol. The molecular weight excluding hydrogens is 454 g/mol. The summed E-state index contributed by atoms with van der Waals surface area (Å²) in [5, 5.41) is 11.9. The Kier molecular flexibility index (Phi) is 5.63. The number of ketones is 1. The van der Waals surface area contributed by atoms with Crippen LogP contribution in [-0.2, 0) is 21.7 Å². The lowest BCUT2D eigenvalue weighted by Gasteiger charge is -2.22. The second-order valence-corrected chi connectivity index (χ2v) is 8.92. The summed E-state index contributed by atoms with van der Waals surface area (Å²) < 4.78 is 10.7. The van der Waals surface area contributed by atoms with Crippen LogP contribution in [0.3, 0.4) is 0 Å². The maximum absolute atomic E-state index is 13.4. The van der Waals surface area contributed by atoms with E-state index >= 15 is 0 Å². The highest BCUT2D eigenvalue weighted by atomic mass is 35.5. The number of amides is 1. The molecule has 0 aliphatic carbocycles. The van der Waals surface area contributed by atoms with E-state index in [1.54, 1.807) is 42.5 Å². The lowest BCUT2D eigenvalue weighted by atomic mass is 9.89. The number of allylic oxidation sites excluding steroid dienone is 1. The van der Waals surface area contributed by atoms with Gasteiger partial charge in [0.15, 0.2) is 22.9 Å². The Balaban J connectivity index is 1.40. The first-order chi connectivity index (χ1) is 16.3. The summed E-state index contributed by atoms with van der Waals surface area (Å²) >= 11 is 6.19. The Labute approximate surface area is 202 Å². The van der Waals surface area contributed by atoms with Crippen LogP contribution < -0.4 is 14.4 Å². The molecule has 7 heteroatoms. The smallest absolute Gasteiger partial charge is 0.264 e. The average Bonchev–Trinajstić information content (AvgIpc) is 3.36. The van der Waals surface area contributed by atoms with Crippen molar-refractivity contribution in [2.24, 2.45) is 0 Å². The van der Waals surface area contributed by atoms with Gasteiger partial charge in [-0.2, -0.15) is 0 Å². The van der Waals surface area contributed by atoms with E-state index in [1.807, 2.05) is 31.2 Å². The minimum atomic E-state index is -2.00. The number of halogens is 1. The number of aryl methyl sites for hydroxylation is 1. The van der Waals surface area contributed by atoms with E-state index in [1.165, 1.54) is 11.0 Å². The predicted molar refractivity (Wildman–Crippen MR) is 129 cm³/mol. The number of hydrogen-bond donors (Lipinski definition) is 1. The molecule has 0 fully saturated rings. The van der Waals surface area contributed by atoms with Crippen LogP contribution in [0.2, 0.25) is 5.02 Å². The van der Waals surface area contributed by atoms with Gasteiger partial charge in [0.05, 0.1) is 18.7 Å². The molecule has 0 saturated carbocycles. The number of ether oxygens (including phenoxy) is 2. The molecule has 1 N–H and O–H groups in total. The lowest BCUT2D eigenvalue weighted by Crippen LogP contribution is -2.41. The fourth-order valence-corrected chi connectivity index (χ4v) is 4.42. The van der Waals surface area contributed by atoms with Gasteiger partial charge in [0.2, 0.25) is 6.79 Å². The van der Waals surface area contributed by atoms with Gasteiger partial charge < -0.3 is 19.5 Å². The molecule has 0 unspecified atom stereocenters. The number of carbonyl (C=O) groups is 2. The minimum absolute atomic E-state index is 0.164. The van der Waals surface area contributed by atoms with Crippen LogP contribution in [0, 0.1) is 6.92 Å². The molecular formula is C27H22ClNO5. The van der Waals surface area contributed by atoms with Gasteiger partial charge >= 0.3 is 0 Å². The first kappa shape index (κ1) is 22.2. The van der Waals surface area contributed by atoms with Crippen molar-refractivity contribution in [1.29, 1.82) is 0 Å². The van der Waals surface area contributed by atoms with Gasteiger partial charge in [0, 0.05) is 10.6 Å². The predicted octanol–water partition coefficient (Wildman–Crippen LogP) is 4.78. The SMILES string of the molecule is Cc1ccc(CN2C(=O)[C@](O)(CC(=O)/C=C\c3ccc4c(c3)OCO4)c3cc(Cl)ccc32)cc1. The van der Waals surface area contributed by atoms with Crippen molar-refractivity contribution >= 4 is 35.1 Å². The fraction of sp³-hybridized carbons (Fsp3) is 0.185. The Morgan fingerprint density at radius 1 is 1.09 bits per heavy atom. The molecule has 3 aromatic carbocycles. The number of rotatable bonds is 6. The summed E-state index contributed by atoms with van der Waals surface area (Å²) in [6, 6.07) is 18.1. The number of aliphatic hydroxyl groups is 1. The first-order valence-corrected chi connectivity index (χ1v) is 11.2. The summed E-state index contributed by atoms with van der Waals surface area (Å²) in [4.78, 5) is 27.8. The standard InChI is InChI=1S/C27H22ClNO5/c1-17-2-4-19(5-3-17)15-29-23-10-8-20(28)13-22(23)27(32,26(29)31)14-21(30)9-6-18-7-11-24-25(12-18)34-16-33-24/h2-13,32H,14-16H2,1H3/b9-6-/t27-/m0/s1. The Morgan fingerprint density at radius 3 is 2.65 bits per heavy atom. The summed E-state index contributed by atoms with van der Waals surface area (Å²) in [6.07, 6.45) is 2.58. The second-order valence-electron chi connectivity index (χ2n) is 8.49. The second kappa shape index (κ2) is 8.63. The van der Waals surface area contributed by atoms with Gasteiger partial charge in [-0.05, 0) is 54.5 Å². The zero-order valence-corrected chi connectivity index (χ0v) is 19.2. The summed E-state index contributed by atoms with van der Waals surface area (Å²) in [5.41, 5.74) is 1.65. The number of carbonyl (C=O) groups excluding carboxylic acids is 2. The highest BCUT2D eigenvalue weighted by molar-refractivity contribution is 6.31. The van der Waals surface area contributed by atoms with Gasteiger partial charge in [-0.15, -0.1) is 0 Å². The highest BCUT2D eigenvalue weighted by Crippen LogP contribution is 2.44. The molecule has 3 aromatic rings. The van der Waals surface area contributed by atoms with E-state index in [2.05, 4.69) is 0 Å². The van der Waals surface area contributed by atoms with Crippen LogP contribution in [0.5, 0.6) is 11.5 Å². The van der Waals surface area contributed by atoms with Crippen molar-refractivity contribution in [2.75, 3.05) is 11.7 Å². The molecule has 2 heterocycles. The molecule has 0 saturated heterocycles. The summed E-state index contributed by atoms with van der Waals surface area (Å²) in [7, 11) is 0. The minimum Gasteiger partial charge on any atom is -0.454 e. The third-order valence-electron chi connectivity index (χ3n) is 6.04. The molecule has 0 radical (unpaired) electrons. The van der Waals surface area contributed by atoms with Crippen LogP contribution in [0.4, 0.5) is 5.69 Å². The number of fused-ring (bicyclic) bond motifs is 2. The van der Waals surface area contributed by atoms with E-state index < -0.39 is 23.7 Å². The zero-order valence-electron chi connectivity index (χ0n) is 18.5. The maximum Gasteiger partial charge on any atom is 0.264 e. The molecule has 1 atom stereocenters. The molecule has 5 rings (SSSR count). The van der Waals surface area contributed by atoms with Gasteiger partial charge in [-0.25, -0.2) is 0 Å². The fourth-order valence-electron chi connectivity index (χ4n) is 4.24. The van der Waals surface area contributed by atoms with Crippen molar-refractivity contribution in [3.05, 3.63) is 94.0 Å². The first-order valence-electron chi connectivity index (χ1n) is 10.8. The quantitative estimate of drug-likeness (QED) is 0.519. The number of hydrogen-bond acceptors (Lipinski definition) is 5. The van der Waals surface area contributed by atoms with Crippen molar-refractivity contribution in [1.82, 2.24) is 0 Å². The third kappa shape index (κ3) is 4.06. The Hall–Kier alpha value is -3.61. The van der Waals surface area contributed by atoms with Crippen LogP contribution in [0.1, 0.15) is 28.7 Å². The topological polar surface area (TPSA) is 76.1 Å². The molecule has 0 spiro atoms. The van der Waals surface area contributed by atoms with Crippen LogP contribution in [0.15, 0.2) is 66.7 Å². The van der Waals surface area contributed by atoms with Crippen LogP contribution in [-0.4, -0.2) is 23.6 Å². The van der Waals surface area contributed by atoms with E-state index in [-0.39, 0.29) is 13.3 Å². The Morgan fingerprint density at radius 2 is 1.85 bits per heavy atom. The van der Waals surface area contributed by atoms with Crippen LogP contribution >= 0.6 is 11.6 Å². The van der Waals surface area contributed by atoms with Crippen molar-refractivity contribution in [3.63, 3.8) is 0 Å². The van der Waals surface area contributed by atoms with Gasteiger partial charge in [0.1, 0.15) is 0 Å². The molecule has 1 amide bonds. The van der Waals surface area contributed by atoms with Crippen molar-refractivity contribution in [3.8, 4) is 11.5 Å². The summed E-state index contributed by atoms with van der Waals surface area (Å²) in [6.45, 7) is 2.43. The maximum atomic E-state index is 13.4. The van der Waals surface area contributed by atoms with Gasteiger partial charge in [0.25, 0.3) is 5.91 Å². The molecule has 2 aliphatic heterocycles. The van der Waals surface area contributed by atoms with Gasteiger partial charge in [-0.1, -0.05) is 53.6 Å². The van der Waals surface area contributed by atoms with E-state index in [9.17, 15) is 14.7 Å². The lowest BCUT2D eigenvalue weighted by molar-refractivity contribution is -0.140. The molecule has 2 aliphatic rings. The number of benzene rings is 3. The van der Waals surface area contributed by atoms with Gasteiger partial charge in [-0.3, -0.25) is 9.59 Å². The molecule has 172 valence electrons. The van der Waals surface area contributed by atoms with E-state index in [0.29, 0.717) is 27.8 Å². The normalized spacial score (nSPS) is 18.6. The largest absolute Gasteiger partial charge is 0.454 e. The van der Waals surface area contributed by atoms with Crippen molar-refractivity contribution < 1.29 is 24.2 Å². The molecule has 34 heavy (non-hydrogen) atoms. The molecule has 6 nitrogen and oxygen atoms in total. The zero-order chi connectivity index (χ0) is 23.9.